The topological polar surface area (TPSA) is 0 Å². The molecule has 9 rings (SSSR count). The van der Waals surface area contributed by atoms with Crippen molar-refractivity contribution in [3.8, 4) is 22.3 Å². The maximum Gasteiger partial charge on any atom is 0.0165 e. The maximum atomic E-state index is 2.49. The highest BCUT2D eigenvalue weighted by molar-refractivity contribution is 6.26. The van der Waals surface area contributed by atoms with Crippen LogP contribution in [0.4, 0.5) is 0 Å². The smallest absolute Gasteiger partial charge is 0.0165 e. The van der Waals surface area contributed by atoms with E-state index in [4.69, 9.17) is 0 Å². The van der Waals surface area contributed by atoms with E-state index in [0.29, 0.717) is 0 Å². The van der Waals surface area contributed by atoms with Crippen LogP contribution >= 0.6 is 0 Å². The molecule has 0 aliphatic heterocycles. The number of hydrogen-bond donors (Lipinski definition) is 0. The van der Waals surface area contributed by atoms with Crippen LogP contribution in [0.15, 0.2) is 97.1 Å². The molecule has 0 unspecified atom stereocenters. The third-order valence-electron chi connectivity index (χ3n) is 9.96. The molecule has 0 amide bonds. The van der Waals surface area contributed by atoms with E-state index in [-0.39, 0.29) is 10.8 Å². The Morgan fingerprint density at radius 1 is 0.421 bits per heavy atom. The summed E-state index contributed by atoms with van der Waals surface area (Å²) in [4.78, 5) is 0. The monoisotopic (exact) mass is 484 g/mol. The first-order valence-electron chi connectivity index (χ1n) is 13.8. The second-order valence-corrected chi connectivity index (χ2v) is 12.5. The molecular weight excluding hydrogens is 456 g/mol. The quantitative estimate of drug-likeness (QED) is 0.188. The summed E-state index contributed by atoms with van der Waals surface area (Å²) in [6.45, 7) is 9.59. The van der Waals surface area contributed by atoms with Crippen LogP contribution in [0.1, 0.15) is 49.9 Å². The average Bonchev–Trinajstić information content (AvgIpc) is 3.31. The zero-order chi connectivity index (χ0) is 25.6. The molecule has 0 spiro atoms. The molecule has 0 N–H and O–H groups in total. The first kappa shape index (κ1) is 20.8. The summed E-state index contributed by atoms with van der Waals surface area (Å²) in [7, 11) is 0. The van der Waals surface area contributed by atoms with Gasteiger partial charge < -0.3 is 0 Å². The molecule has 0 radical (unpaired) electrons. The minimum Gasteiger partial charge on any atom is -0.0619 e. The van der Waals surface area contributed by atoms with E-state index < -0.39 is 0 Å². The highest BCUT2D eigenvalue weighted by atomic mass is 14.4. The molecule has 0 saturated heterocycles. The Balaban J connectivity index is 1.44. The zero-order valence-electron chi connectivity index (χ0n) is 22.2. The Bertz CT molecular complexity index is 2150. The first-order chi connectivity index (χ1) is 18.4. The fraction of sp³-hybridized carbons (Fsp3) is 0.158. The third-order valence-corrected chi connectivity index (χ3v) is 9.96. The van der Waals surface area contributed by atoms with Gasteiger partial charge in [-0.25, -0.2) is 0 Å². The molecule has 2 aliphatic rings. The van der Waals surface area contributed by atoms with Crippen LogP contribution < -0.4 is 0 Å². The van der Waals surface area contributed by atoms with E-state index in [2.05, 4.69) is 125 Å². The average molecular weight is 485 g/mol. The van der Waals surface area contributed by atoms with Gasteiger partial charge in [0.2, 0.25) is 0 Å². The van der Waals surface area contributed by atoms with E-state index in [1.807, 2.05) is 0 Å². The Morgan fingerprint density at radius 2 is 1.03 bits per heavy atom. The molecule has 0 atom stereocenters. The maximum absolute atomic E-state index is 2.49. The Hall–Kier alpha value is -4.16. The van der Waals surface area contributed by atoms with Crippen molar-refractivity contribution >= 4 is 43.1 Å². The van der Waals surface area contributed by atoms with Crippen molar-refractivity contribution in [1.29, 1.82) is 0 Å². The Morgan fingerprint density at radius 3 is 1.79 bits per heavy atom. The molecule has 0 saturated carbocycles. The van der Waals surface area contributed by atoms with Gasteiger partial charge in [-0.05, 0) is 93.7 Å². The molecule has 0 heterocycles. The second kappa shape index (κ2) is 6.45. The zero-order valence-corrected chi connectivity index (χ0v) is 22.2. The third kappa shape index (κ3) is 2.22. The highest BCUT2D eigenvalue weighted by Crippen LogP contribution is 2.58. The molecule has 0 heteroatoms. The minimum absolute atomic E-state index is 0.0141. The Labute approximate surface area is 222 Å². The predicted octanol–water partition coefficient (Wildman–Crippen LogP) is 10.3. The van der Waals surface area contributed by atoms with E-state index in [1.165, 1.54) is 87.6 Å². The number of hydrogen-bond acceptors (Lipinski definition) is 0. The van der Waals surface area contributed by atoms with Gasteiger partial charge >= 0.3 is 0 Å². The van der Waals surface area contributed by atoms with E-state index >= 15 is 0 Å². The van der Waals surface area contributed by atoms with Gasteiger partial charge in [-0.2, -0.15) is 0 Å². The van der Waals surface area contributed by atoms with Crippen molar-refractivity contribution in [3.63, 3.8) is 0 Å². The van der Waals surface area contributed by atoms with Gasteiger partial charge in [-0.15, -0.1) is 0 Å². The van der Waals surface area contributed by atoms with Crippen LogP contribution in [0.2, 0.25) is 0 Å². The Kier molecular flexibility index (Phi) is 3.54. The van der Waals surface area contributed by atoms with Crippen molar-refractivity contribution in [2.75, 3.05) is 0 Å². The lowest BCUT2D eigenvalue weighted by atomic mass is 9.78. The molecule has 2 aliphatic carbocycles. The summed E-state index contributed by atoms with van der Waals surface area (Å²) in [6.07, 6.45) is 0. The summed E-state index contributed by atoms with van der Waals surface area (Å²) in [5.41, 5.74) is 11.4. The normalized spacial score (nSPS) is 16.3. The number of fused-ring (bicyclic) bond motifs is 10. The lowest BCUT2D eigenvalue weighted by molar-refractivity contribution is 0.660. The summed E-state index contributed by atoms with van der Waals surface area (Å²) in [5.74, 6) is 0. The van der Waals surface area contributed by atoms with Crippen molar-refractivity contribution < 1.29 is 0 Å². The summed E-state index contributed by atoms with van der Waals surface area (Å²) in [5, 5.41) is 11.0. The minimum atomic E-state index is -0.0721. The molecule has 0 nitrogen and oxygen atoms in total. The predicted molar refractivity (Wildman–Crippen MR) is 163 cm³/mol. The molecule has 180 valence electrons. The standard InChI is InChI=1S/C38H28/c1-37(2)29-11-6-5-10-26(29)34-24-17-19-31-35(25(24)16-18-30(34)37)28-20-23-13-12-21-8-7-9-22-14-15-27(33(23)32(21)22)36(28)38(31,3)4/h5-20H,1-4H3. The van der Waals surface area contributed by atoms with Gasteiger partial charge in [0.15, 0.2) is 0 Å². The van der Waals surface area contributed by atoms with Crippen molar-refractivity contribution in [2.45, 2.75) is 38.5 Å². The lowest BCUT2D eigenvalue weighted by Gasteiger charge is -2.24. The number of benzene rings is 7. The van der Waals surface area contributed by atoms with E-state index in [9.17, 15) is 0 Å². The van der Waals surface area contributed by atoms with Crippen LogP contribution in [0.5, 0.6) is 0 Å². The highest BCUT2D eigenvalue weighted by Gasteiger charge is 2.41. The molecule has 7 aromatic carbocycles. The van der Waals surface area contributed by atoms with Crippen molar-refractivity contribution in [1.82, 2.24) is 0 Å². The molecule has 38 heavy (non-hydrogen) atoms. The van der Waals surface area contributed by atoms with Crippen LogP contribution in [0.3, 0.4) is 0 Å². The van der Waals surface area contributed by atoms with Gasteiger partial charge in [-0.1, -0.05) is 119 Å². The van der Waals surface area contributed by atoms with Gasteiger partial charge in [0.05, 0.1) is 0 Å². The van der Waals surface area contributed by atoms with Crippen LogP contribution in [0, 0.1) is 0 Å². The van der Waals surface area contributed by atoms with Gasteiger partial charge in [-0.3, -0.25) is 0 Å². The molecule has 0 aromatic heterocycles. The lowest BCUT2D eigenvalue weighted by Crippen LogP contribution is -2.15. The summed E-state index contributed by atoms with van der Waals surface area (Å²) < 4.78 is 0. The van der Waals surface area contributed by atoms with Gasteiger partial charge in [0.25, 0.3) is 0 Å². The fourth-order valence-electron chi connectivity index (χ4n) is 8.23. The van der Waals surface area contributed by atoms with E-state index in [0.717, 1.165) is 0 Å². The SMILES string of the molecule is CC1(C)c2ccccc2-c2c1ccc1c3c(ccc21)C(C)(C)c1c-3cc2ccc3cccc4ccc1c2c34. The summed E-state index contributed by atoms with van der Waals surface area (Å²) >= 11 is 0. The van der Waals surface area contributed by atoms with Gasteiger partial charge in [0.1, 0.15) is 0 Å². The second-order valence-electron chi connectivity index (χ2n) is 12.5. The van der Waals surface area contributed by atoms with E-state index in [1.54, 1.807) is 0 Å². The van der Waals surface area contributed by atoms with Crippen LogP contribution in [-0.4, -0.2) is 0 Å². The van der Waals surface area contributed by atoms with Crippen molar-refractivity contribution in [2.24, 2.45) is 0 Å². The number of rotatable bonds is 0. The molecular formula is C38H28. The molecule has 0 bridgehead atoms. The largest absolute Gasteiger partial charge is 0.0619 e. The molecule has 0 fully saturated rings. The van der Waals surface area contributed by atoms with Crippen LogP contribution in [0.25, 0.3) is 65.3 Å². The van der Waals surface area contributed by atoms with Crippen molar-refractivity contribution in [3.05, 3.63) is 119 Å². The summed E-state index contributed by atoms with van der Waals surface area (Å²) in [6, 6.07) is 37.2. The first-order valence-corrected chi connectivity index (χ1v) is 13.8. The molecule has 7 aromatic rings. The van der Waals surface area contributed by atoms with Crippen LogP contribution in [-0.2, 0) is 10.8 Å². The van der Waals surface area contributed by atoms with Gasteiger partial charge in [0, 0.05) is 10.8 Å². The fourth-order valence-corrected chi connectivity index (χ4v) is 8.23.